The predicted molar refractivity (Wildman–Crippen MR) is 165 cm³/mol. The van der Waals surface area contributed by atoms with Gasteiger partial charge < -0.3 is 93.0 Å². The molecule has 0 unspecified atom stereocenters. The van der Waals surface area contributed by atoms with E-state index in [1.807, 2.05) is 6.08 Å². The van der Waals surface area contributed by atoms with Crippen LogP contribution in [0.4, 0.5) is 0 Å². The highest BCUT2D eigenvalue weighted by Crippen LogP contribution is 2.37. The molecule has 1 saturated carbocycles. The summed E-state index contributed by atoms with van der Waals surface area (Å²) in [6.45, 7) is 0.948. The molecule has 18 nitrogen and oxygen atoms in total. The zero-order valence-electron chi connectivity index (χ0n) is 26.6. The lowest BCUT2D eigenvalue weighted by Gasteiger charge is -2.46. The van der Waals surface area contributed by atoms with Crippen molar-refractivity contribution in [1.29, 1.82) is 0 Å². The van der Waals surface area contributed by atoms with E-state index in [0.29, 0.717) is 38.9 Å². The molecule has 4 rings (SSSR count). The Morgan fingerprint density at radius 3 is 2.13 bits per heavy atom. The van der Waals surface area contributed by atoms with Crippen molar-refractivity contribution in [3.05, 3.63) is 12.2 Å². The number of ether oxygens (including phenoxy) is 6. The van der Waals surface area contributed by atoms with Gasteiger partial charge in [-0.1, -0.05) is 12.2 Å². The lowest BCUT2D eigenvalue weighted by Crippen LogP contribution is -2.64. The average Bonchev–Trinajstić information content (AvgIpc) is 3.36. The molecule has 0 bridgehead atoms. The van der Waals surface area contributed by atoms with Gasteiger partial charge in [0.25, 0.3) is 0 Å². The summed E-state index contributed by atoms with van der Waals surface area (Å²) in [5, 5.41) is 66.2. The maximum atomic E-state index is 11.5. The second-order valence-corrected chi connectivity index (χ2v) is 12.7. The molecule has 0 spiro atoms. The fraction of sp³-hybridized carbons (Fsp3) is 0.931. The van der Waals surface area contributed by atoms with Gasteiger partial charge in [0.05, 0.1) is 30.9 Å². The van der Waals surface area contributed by atoms with Crippen LogP contribution in [0.2, 0.25) is 0 Å². The first kappa shape index (κ1) is 38.8. The second kappa shape index (κ2) is 18.3. The van der Waals surface area contributed by atoms with Crippen molar-refractivity contribution in [1.82, 2.24) is 5.32 Å². The van der Waals surface area contributed by atoms with Crippen molar-refractivity contribution in [3.63, 3.8) is 0 Å². The summed E-state index contributed by atoms with van der Waals surface area (Å²) in [6, 6.07) is -2.52. The molecule has 3 aliphatic heterocycles. The molecule has 17 atom stereocenters. The highest BCUT2D eigenvalue weighted by Gasteiger charge is 2.53. The van der Waals surface area contributed by atoms with Gasteiger partial charge in [-0.05, 0) is 44.7 Å². The van der Waals surface area contributed by atoms with E-state index in [1.54, 1.807) is 6.08 Å². The Balaban J connectivity index is 1.49. The van der Waals surface area contributed by atoms with E-state index in [2.05, 4.69) is 5.32 Å². The van der Waals surface area contributed by atoms with Crippen LogP contribution in [0.3, 0.4) is 0 Å². The lowest BCUT2D eigenvalue weighted by molar-refractivity contribution is -0.286. The van der Waals surface area contributed by atoms with E-state index in [4.69, 9.17) is 57.1 Å². The molecule has 18 heteroatoms. The maximum absolute atomic E-state index is 11.5. The Bertz CT molecular complexity index is 959. The minimum atomic E-state index is -1.54. The summed E-state index contributed by atoms with van der Waals surface area (Å²) in [7, 11) is 0. The zero-order valence-corrected chi connectivity index (χ0v) is 26.6. The number of hydrogen-bond donors (Lipinski definition) is 12. The largest absolute Gasteiger partial charge is 0.396 e. The quantitative estimate of drug-likeness (QED) is 0.0533. The maximum Gasteiger partial charge on any atom is 0.187 e. The number of aliphatic hydroxyl groups excluding tert-OH is 6. The van der Waals surface area contributed by atoms with Crippen LogP contribution in [0.1, 0.15) is 25.7 Å². The second-order valence-electron chi connectivity index (χ2n) is 12.7. The standard InChI is InChI=1S/C29H56N6O12/c30-6-2-7-35-11-14-4-5-15(32)27(42-14)45-24-16(33)9-13(3-1-8-36)20(38)26(24)47-29-23(41)25(18(12-37)44-29)46-28-19(34)22(40)21(39)17(10-31)43-28/h4-5,13-29,35-41H,1-3,6-12,30-34H2/t13-,14+,15-,16+,17+,18-,19-,20+,21-,22-,23-,24-,25-,26-,27-,28-,29+/m1/s1. The summed E-state index contributed by atoms with van der Waals surface area (Å²) in [6.07, 6.45) is -9.40. The van der Waals surface area contributed by atoms with Gasteiger partial charge in [-0.25, -0.2) is 0 Å². The first-order chi connectivity index (χ1) is 22.5. The Morgan fingerprint density at radius 1 is 0.745 bits per heavy atom. The van der Waals surface area contributed by atoms with Gasteiger partial charge in [-0.15, -0.1) is 0 Å². The van der Waals surface area contributed by atoms with Gasteiger partial charge in [-0.3, -0.25) is 0 Å². The molecule has 1 aliphatic carbocycles. The Morgan fingerprint density at radius 2 is 1.45 bits per heavy atom. The Hall–Kier alpha value is -0.980. The van der Waals surface area contributed by atoms with Gasteiger partial charge in [0.1, 0.15) is 48.8 Å². The van der Waals surface area contributed by atoms with Gasteiger partial charge in [0.2, 0.25) is 0 Å². The summed E-state index contributed by atoms with van der Waals surface area (Å²) in [5.74, 6) is -0.378. The summed E-state index contributed by atoms with van der Waals surface area (Å²) in [5.41, 5.74) is 30.2. The van der Waals surface area contributed by atoms with Crippen LogP contribution in [0.25, 0.3) is 0 Å². The van der Waals surface area contributed by atoms with Crippen LogP contribution in [0, 0.1) is 5.92 Å². The average molecular weight is 681 g/mol. The Labute approximate surface area is 274 Å². The number of aliphatic hydroxyl groups is 6. The summed E-state index contributed by atoms with van der Waals surface area (Å²) < 4.78 is 36.1. The van der Waals surface area contributed by atoms with E-state index in [-0.39, 0.29) is 25.2 Å². The van der Waals surface area contributed by atoms with E-state index >= 15 is 0 Å². The zero-order chi connectivity index (χ0) is 34.2. The number of nitrogens with one attached hydrogen (secondary N) is 1. The minimum Gasteiger partial charge on any atom is -0.396 e. The lowest BCUT2D eigenvalue weighted by atomic mass is 9.77. The van der Waals surface area contributed by atoms with Crippen LogP contribution in [-0.4, -0.2) is 168 Å². The first-order valence-electron chi connectivity index (χ1n) is 16.5. The highest BCUT2D eigenvalue weighted by atomic mass is 16.8. The van der Waals surface area contributed by atoms with Crippen LogP contribution in [0.5, 0.6) is 0 Å². The van der Waals surface area contributed by atoms with Crippen LogP contribution in [0.15, 0.2) is 12.2 Å². The first-order valence-corrected chi connectivity index (χ1v) is 16.5. The topological polar surface area (TPSA) is 319 Å². The molecule has 17 N–H and O–H groups in total. The van der Waals surface area contributed by atoms with Crippen molar-refractivity contribution in [3.8, 4) is 0 Å². The number of hydrogen-bond acceptors (Lipinski definition) is 18. The summed E-state index contributed by atoms with van der Waals surface area (Å²) >= 11 is 0. The SMILES string of the molecule is NCCCNC[C@@H]1C=C[C@@H](N)[C@@H](O[C@H]2[C@H](O[C@@H]3O[C@H](CO)[C@@H](O[C@H]4O[C@@H](CN)[C@@H](O)[C@H](O)[C@H]4N)[C@H]3O)[C@@H](O)[C@H](CCCO)C[C@@H]2N)O1. The monoisotopic (exact) mass is 680 g/mol. The van der Waals surface area contributed by atoms with E-state index in [9.17, 15) is 30.6 Å². The molecule has 0 aromatic carbocycles. The third-order valence-corrected chi connectivity index (χ3v) is 9.27. The normalized spacial score (nSPS) is 45.8. The van der Waals surface area contributed by atoms with Gasteiger partial charge in [0, 0.05) is 25.7 Å². The molecule has 0 amide bonds. The predicted octanol–water partition coefficient (Wildman–Crippen LogP) is -6.02. The smallest absolute Gasteiger partial charge is 0.187 e. The van der Waals surface area contributed by atoms with E-state index in [1.165, 1.54) is 0 Å². The fourth-order valence-electron chi connectivity index (χ4n) is 6.54. The third kappa shape index (κ3) is 9.43. The van der Waals surface area contributed by atoms with Crippen LogP contribution >= 0.6 is 0 Å². The van der Waals surface area contributed by atoms with E-state index < -0.39 is 98.5 Å². The van der Waals surface area contributed by atoms with Gasteiger partial charge in [0.15, 0.2) is 18.9 Å². The molecular formula is C29H56N6O12. The van der Waals surface area contributed by atoms with Gasteiger partial charge in [-0.2, -0.15) is 0 Å². The molecule has 2 saturated heterocycles. The van der Waals surface area contributed by atoms with Gasteiger partial charge >= 0.3 is 0 Å². The van der Waals surface area contributed by atoms with Crippen molar-refractivity contribution < 1.29 is 59.1 Å². The molecule has 3 heterocycles. The van der Waals surface area contributed by atoms with Crippen molar-refractivity contribution >= 4 is 0 Å². The van der Waals surface area contributed by atoms with Crippen LogP contribution in [-0.2, 0) is 28.4 Å². The molecule has 4 aliphatic rings. The van der Waals surface area contributed by atoms with Crippen molar-refractivity contribution in [2.45, 2.75) is 124 Å². The molecular weight excluding hydrogens is 624 g/mol. The number of nitrogens with two attached hydrogens (primary N) is 5. The molecule has 3 fully saturated rings. The molecule has 47 heavy (non-hydrogen) atoms. The molecule has 0 aromatic rings. The minimum absolute atomic E-state index is 0.0779. The third-order valence-electron chi connectivity index (χ3n) is 9.27. The van der Waals surface area contributed by atoms with Crippen molar-refractivity contribution in [2.75, 3.05) is 39.4 Å². The van der Waals surface area contributed by atoms with Crippen molar-refractivity contribution in [2.24, 2.45) is 34.6 Å². The Kier molecular flexibility index (Phi) is 15.1. The molecule has 274 valence electrons. The number of rotatable bonds is 16. The van der Waals surface area contributed by atoms with Crippen LogP contribution < -0.4 is 34.0 Å². The fourth-order valence-corrected chi connectivity index (χ4v) is 6.54. The molecule has 0 aromatic heterocycles. The highest BCUT2D eigenvalue weighted by molar-refractivity contribution is 5.05. The van der Waals surface area contributed by atoms with E-state index in [0.717, 1.165) is 6.42 Å². The summed E-state index contributed by atoms with van der Waals surface area (Å²) in [4.78, 5) is 0. The molecule has 0 radical (unpaired) electrons.